The summed E-state index contributed by atoms with van der Waals surface area (Å²) < 4.78 is 0. The van der Waals surface area contributed by atoms with E-state index in [-0.39, 0.29) is 12.4 Å². The maximum Gasteiger partial charge on any atom is 0.0366 e. The van der Waals surface area contributed by atoms with Gasteiger partial charge in [-0.3, -0.25) is 0 Å². The molecule has 0 aromatic heterocycles. The molecule has 1 N–H and O–H groups in total. The van der Waals surface area contributed by atoms with Gasteiger partial charge in [-0.25, -0.2) is 0 Å². The zero-order valence-electron chi connectivity index (χ0n) is 10.6. The van der Waals surface area contributed by atoms with Crippen molar-refractivity contribution in [3.8, 4) is 0 Å². The van der Waals surface area contributed by atoms with E-state index in [4.69, 9.17) is 0 Å². The number of benzene rings is 1. The molecule has 0 bridgehead atoms. The quantitative estimate of drug-likeness (QED) is 0.889. The third kappa shape index (κ3) is 4.21. The van der Waals surface area contributed by atoms with Crippen molar-refractivity contribution < 1.29 is 0 Å². The second-order valence-electron chi connectivity index (χ2n) is 4.57. The van der Waals surface area contributed by atoms with Crippen LogP contribution in [0.2, 0.25) is 0 Å². The molecule has 1 aromatic carbocycles. The van der Waals surface area contributed by atoms with E-state index in [1.165, 1.54) is 38.2 Å². The number of para-hydroxylation sites is 1. The molecule has 0 amide bonds. The molecule has 1 aliphatic rings. The molecule has 1 fully saturated rings. The van der Waals surface area contributed by atoms with Crippen molar-refractivity contribution in [2.24, 2.45) is 5.92 Å². The summed E-state index contributed by atoms with van der Waals surface area (Å²) in [6, 6.07) is 10.8. The van der Waals surface area contributed by atoms with Gasteiger partial charge in [-0.1, -0.05) is 18.2 Å². The van der Waals surface area contributed by atoms with E-state index < -0.39 is 0 Å². The Kier molecular flexibility index (Phi) is 6.38. The molecule has 1 saturated heterocycles. The van der Waals surface area contributed by atoms with Crippen LogP contribution in [0.3, 0.4) is 0 Å². The first-order valence-corrected chi connectivity index (χ1v) is 6.41. The maximum atomic E-state index is 3.43. The van der Waals surface area contributed by atoms with Gasteiger partial charge in [-0.15, -0.1) is 12.4 Å². The second kappa shape index (κ2) is 7.57. The molecule has 0 aliphatic carbocycles. The molecule has 3 heteroatoms. The number of hydrogen-bond donors (Lipinski definition) is 1. The van der Waals surface area contributed by atoms with E-state index in [1.807, 2.05) is 0 Å². The monoisotopic (exact) mass is 254 g/mol. The lowest BCUT2D eigenvalue weighted by molar-refractivity contribution is 0.374. The molecule has 1 aromatic rings. The predicted molar refractivity (Wildman–Crippen MR) is 77.2 cm³/mol. The molecule has 1 aliphatic heterocycles. The maximum absolute atomic E-state index is 3.43. The molecule has 2 nitrogen and oxygen atoms in total. The number of anilines is 1. The molecular weight excluding hydrogens is 232 g/mol. The van der Waals surface area contributed by atoms with Crippen molar-refractivity contribution in [1.29, 1.82) is 0 Å². The van der Waals surface area contributed by atoms with Crippen LogP contribution < -0.4 is 10.2 Å². The van der Waals surface area contributed by atoms with Gasteiger partial charge in [-0.2, -0.15) is 0 Å². The van der Waals surface area contributed by atoms with E-state index in [2.05, 4.69) is 47.5 Å². The molecule has 0 spiro atoms. The third-order valence-corrected chi connectivity index (χ3v) is 3.44. The van der Waals surface area contributed by atoms with Crippen LogP contribution in [0.15, 0.2) is 30.3 Å². The molecule has 17 heavy (non-hydrogen) atoms. The molecule has 0 unspecified atom stereocenters. The van der Waals surface area contributed by atoms with Crippen molar-refractivity contribution in [2.45, 2.75) is 19.8 Å². The van der Waals surface area contributed by atoms with Gasteiger partial charge < -0.3 is 10.2 Å². The van der Waals surface area contributed by atoms with E-state index in [0.29, 0.717) is 0 Å². The molecular formula is C14H23ClN2. The predicted octanol–water partition coefficient (Wildman–Crippen LogP) is 2.93. The summed E-state index contributed by atoms with van der Waals surface area (Å²) in [5, 5.41) is 3.43. The minimum Gasteiger partial charge on any atom is -0.372 e. The molecule has 1 heterocycles. The minimum absolute atomic E-state index is 0. The first-order chi connectivity index (χ1) is 7.90. The highest BCUT2D eigenvalue weighted by Crippen LogP contribution is 2.19. The highest BCUT2D eigenvalue weighted by atomic mass is 35.5. The fourth-order valence-corrected chi connectivity index (χ4v) is 2.43. The average Bonchev–Trinajstić information content (AvgIpc) is 2.38. The lowest BCUT2D eigenvalue weighted by Crippen LogP contribution is -2.36. The van der Waals surface area contributed by atoms with E-state index in [0.717, 1.165) is 12.5 Å². The lowest BCUT2D eigenvalue weighted by atomic mass is 9.97. The Morgan fingerprint density at radius 3 is 2.41 bits per heavy atom. The van der Waals surface area contributed by atoms with Crippen molar-refractivity contribution in [3.05, 3.63) is 30.3 Å². The molecule has 0 atom stereocenters. The normalized spacial score (nSPS) is 16.3. The van der Waals surface area contributed by atoms with Crippen LogP contribution >= 0.6 is 12.4 Å². The van der Waals surface area contributed by atoms with E-state index in [9.17, 15) is 0 Å². The van der Waals surface area contributed by atoms with Gasteiger partial charge in [0.15, 0.2) is 0 Å². The fourth-order valence-electron chi connectivity index (χ4n) is 2.43. The fraction of sp³-hybridized carbons (Fsp3) is 0.571. The topological polar surface area (TPSA) is 15.3 Å². The van der Waals surface area contributed by atoms with Gasteiger partial charge in [0.25, 0.3) is 0 Å². The standard InChI is InChI=1S/C14H22N2.ClH/c1-2-16(14-6-4-3-5-7-14)12-13-8-10-15-11-9-13;/h3-7,13,15H,2,8-12H2,1H3;1H. The average molecular weight is 255 g/mol. The SMILES string of the molecule is CCN(CC1CCNCC1)c1ccccc1.Cl. The van der Waals surface area contributed by atoms with Crippen LogP contribution in [0.4, 0.5) is 5.69 Å². The van der Waals surface area contributed by atoms with Crippen molar-refractivity contribution in [3.63, 3.8) is 0 Å². The van der Waals surface area contributed by atoms with Crippen LogP contribution in [-0.4, -0.2) is 26.2 Å². The summed E-state index contributed by atoms with van der Waals surface area (Å²) in [7, 11) is 0. The number of hydrogen-bond acceptors (Lipinski definition) is 2. The van der Waals surface area contributed by atoms with Gasteiger partial charge in [0, 0.05) is 18.8 Å². The summed E-state index contributed by atoms with van der Waals surface area (Å²) in [4.78, 5) is 2.50. The molecule has 96 valence electrons. The zero-order chi connectivity index (χ0) is 11.2. The number of rotatable bonds is 4. The molecule has 0 saturated carbocycles. The Labute approximate surface area is 111 Å². The van der Waals surface area contributed by atoms with Crippen LogP contribution in [0.1, 0.15) is 19.8 Å². The summed E-state index contributed by atoms with van der Waals surface area (Å²) in [5.74, 6) is 0.862. The van der Waals surface area contributed by atoms with Crippen molar-refractivity contribution in [1.82, 2.24) is 5.32 Å². The van der Waals surface area contributed by atoms with Gasteiger partial charge in [-0.05, 0) is 50.9 Å². The summed E-state index contributed by atoms with van der Waals surface area (Å²) >= 11 is 0. The lowest BCUT2D eigenvalue weighted by Gasteiger charge is -2.30. The molecule has 2 rings (SSSR count). The highest BCUT2D eigenvalue weighted by Gasteiger charge is 2.16. The number of nitrogens with zero attached hydrogens (tertiary/aromatic N) is 1. The van der Waals surface area contributed by atoms with Crippen molar-refractivity contribution in [2.75, 3.05) is 31.1 Å². The first kappa shape index (κ1) is 14.3. The Hall–Kier alpha value is -0.730. The van der Waals surface area contributed by atoms with E-state index >= 15 is 0 Å². The Morgan fingerprint density at radius 2 is 1.82 bits per heavy atom. The smallest absolute Gasteiger partial charge is 0.0366 e. The Bertz CT molecular complexity index is 296. The Balaban J connectivity index is 0.00000144. The van der Waals surface area contributed by atoms with Gasteiger partial charge in [0.1, 0.15) is 0 Å². The minimum atomic E-state index is 0. The zero-order valence-corrected chi connectivity index (χ0v) is 11.4. The van der Waals surface area contributed by atoms with Gasteiger partial charge in [0.05, 0.1) is 0 Å². The van der Waals surface area contributed by atoms with Crippen LogP contribution in [0, 0.1) is 5.92 Å². The number of halogens is 1. The van der Waals surface area contributed by atoms with Gasteiger partial charge in [0.2, 0.25) is 0 Å². The summed E-state index contributed by atoms with van der Waals surface area (Å²) in [6.45, 7) is 6.94. The first-order valence-electron chi connectivity index (χ1n) is 6.41. The van der Waals surface area contributed by atoms with Crippen LogP contribution in [0.5, 0.6) is 0 Å². The van der Waals surface area contributed by atoms with E-state index in [1.54, 1.807) is 0 Å². The molecule has 0 radical (unpaired) electrons. The van der Waals surface area contributed by atoms with Crippen LogP contribution in [0.25, 0.3) is 0 Å². The Morgan fingerprint density at radius 1 is 1.18 bits per heavy atom. The van der Waals surface area contributed by atoms with Crippen molar-refractivity contribution >= 4 is 18.1 Å². The highest BCUT2D eigenvalue weighted by molar-refractivity contribution is 5.85. The summed E-state index contributed by atoms with van der Waals surface area (Å²) in [5.41, 5.74) is 1.36. The third-order valence-electron chi connectivity index (χ3n) is 3.44. The second-order valence-corrected chi connectivity index (χ2v) is 4.57. The van der Waals surface area contributed by atoms with Crippen LogP contribution in [-0.2, 0) is 0 Å². The largest absolute Gasteiger partial charge is 0.372 e. The van der Waals surface area contributed by atoms with Gasteiger partial charge >= 0.3 is 0 Å². The number of nitrogens with one attached hydrogen (secondary N) is 1. The summed E-state index contributed by atoms with van der Waals surface area (Å²) in [6.07, 6.45) is 2.65. The number of piperidine rings is 1.